The van der Waals surface area contributed by atoms with Gasteiger partial charge < -0.3 is 20.1 Å². The van der Waals surface area contributed by atoms with Crippen molar-refractivity contribution in [1.82, 2.24) is 9.29 Å². The first-order chi connectivity index (χ1) is 14.0. The molecule has 3 heterocycles. The number of pyridine rings is 1. The number of rotatable bonds is 4. The van der Waals surface area contributed by atoms with Gasteiger partial charge in [-0.1, -0.05) is 0 Å². The fraction of sp³-hybridized carbons (Fsp3) is 0.500. The van der Waals surface area contributed by atoms with Gasteiger partial charge in [0.2, 0.25) is 0 Å². The van der Waals surface area contributed by atoms with Gasteiger partial charge in [-0.2, -0.15) is 0 Å². The number of ether oxygens (including phenoxy) is 1. The molecule has 0 radical (unpaired) electrons. The van der Waals surface area contributed by atoms with Crippen molar-refractivity contribution in [3.63, 3.8) is 0 Å². The summed E-state index contributed by atoms with van der Waals surface area (Å²) in [5.74, 6) is 0.248. The second-order valence-corrected chi connectivity index (χ2v) is 11.4. The van der Waals surface area contributed by atoms with Crippen molar-refractivity contribution in [3.05, 3.63) is 47.4 Å². The molecule has 6 nitrogen and oxygen atoms in total. The molecular weight excluding hydrogens is 405 g/mol. The van der Waals surface area contributed by atoms with Gasteiger partial charge >= 0.3 is 0 Å². The van der Waals surface area contributed by atoms with Crippen molar-refractivity contribution in [2.24, 2.45) is 5.73 Å². The van der Waals surface area contributed by atoms with Crippen LogP contribution in [0.3, 0.4) is 0 Å². The molecule has 1 aromatic heterocycles. The number of nitrogens with two attached hydrogens (primary N) is 1. The molecule has 3 atom stereocenters. The average molecular weight is 434 g/mol. The van der Waals surface area contributed by atoms with E-state index in [1.54, 1.807) is 19.1 Å². The highest BCUT2D eigenvalue weighted by Gasteiger charge is 2.60. The zero-order valence-corrected chi connectivity index (χ0v) is 18.6. The van der Waals surface area contributed by atoms with E-state index in [1.807, 2.05) is 31.1 Å². The molecule has 2 aromatic rings. The maximum atomic E-state index is 13.5. The predicted octanol–water partition coefficient (Wildman–Crippen LogP) is 2.81. The van der Waals surface area contributed by atoms with Gasteiger partial charge in [0.15, 0.2) is 5.75 Å². The molecule has 0 saturated carbocycles. The zero-order valence-electron chi connectivity index (χ0n) is 17.7. The quantitative estimate of drug-likeness (QED) is 0.720. The van der Waals surface area contributed by atoms with E-state index in [0.29, 0.717) is 35.9 Å². The molecule has 162 valence electrons. The van der Waals surface area contributed by atoms with Crippen LogP contribution in [-0.2, 0) is 22.5 Å². The second-order valence-electron chi connectivity index (χ2n) is 9.25. The Morgan fingerprint density at radius 1 is 1.30 bits per heavy atom. The van der Waals surface area contributed by atoms with E-state index in [1.165, 1.54) is 12.1 Å². The van der Waals surface area contributed by atoms with Crippen molar-refractivity contribution in [3.8, 4) is 17.0 Å². The van der Waals surface area contributed by atoms with Gasteiger partial charge in [-0.05, 0) is 64.4 Å². The van der Waals surface area contributed by atoms with Crippen LogP contribution in [0.1, 0.15) is 45.4 Å². The van der Waals surface area contributed by atoms with Crippen LogP contribution >= 0.6 is 0 Å². The van der Waals surface area contributed by atoms with Crippen LogP contribution in [0, 0.1) is 5.82 Å². The summed E-state index contributed by atoms with van der Waals surface area (Å²) in [4.78, 5) is 4.66. The summed E-state index contributed by atoms with van der Waals surface area (Å²) in [6.07, 6.45) is 0.791. The molecule has 1 fully saturated rings. The molecule has 4 rings (SSSR count). The molecule has 3 N–H and O–H groups in total. The van der Waals surface area contributed by atoms with Gasteiger partial charge in [0.1, 0.15) is 34.0 Å². The van der Waals surface area contributed by atoms with E-state index in [0.717, 1.165) is 12.0 Å². The van der Waals surface area contributed by atoms with Crippen LogP contribution in [0.25, 0.3) is 11.3 Å². The normalized spacial score (nSPS) is 24.1. The minimum Gasteiger partial charge on any atom is -0.597 e. The van der Waals surface area contributed by atoms with Gasteiger partial charge in [-0.25, -0.2) is 9.37 Å². The van der Waals surface area contributed by atoms with E-state index in [9.17, 15) is 14.0 Å². The van der Waals surface area contributed by atoms with Crippen LogP contribution < -0.4 is 10.5 Å². The smallest absolute Gasteiger partial charge is 0.151 e. The van der Waals surface area contributed by atoms with Gasteiger partial charge in [0.05, 0.1) is 5.69 Å². The van der Waals surface area contributed by atoms with Crippen molar-refractivity contribution >= 4 is 11.4 Å². The van der Waals surface area contributed by atoms with Gasteiger partial charge in [0.25, 0.3) is 0 Å². The van der Waals surface area contributed by atoms with Gasteiger partial charge in [-0.15, -0.1) is 4.31 Å². The lowest BCUT2D eigenvalue weighted by Gasteiger charge is -2.50. The Morgan fingerprint density at radius 2 is 1.97 bits per heavy atom. The first kappa shape index (κ1) is 21.5. The Morgan fingerprint density at radius 3 is 2.50 bits per heavy atom. The van der Waals surface area contributed by atoms with Gasteiger partial charge in [-0.3, -0.25) is 0 Å². The molecule has 3 unspecified atom stereocenters. The highest BCUT2D eigenvalue weighted by molar-refractivity contribution is 7.90. The summed E-state index contributed by atoms with van der Waals surface area (Å²) in [5.41, 5.74) is 6.41. The highest BCUT2D eigenvalue weighted by Crippen LogP contribution is 2.54. The maximum Gasteiger partial charge on any atom is 0.151 e. The van der Waals surface area contributed by atoms with Crippen LogP contribution in [0.2, 0.25) is 0 Å². The lowest BCUT2D eigenvalue weighted by molar-refractivity contribution is 0.0423. The van der Waals surface area contributed by atoms with Crippen LogP contribution in [0.15, 0.2) is 30.3 Å². The molecule has 1 spiro atoms. The fourth-order valence-electron chi connectivity index (χ4n) is 3.94. The van der Waals surface area contributed by atoms with Crippen LogP contribution in [0.5, 0.6) is 5.75 Å². The molecule has 1 aromatic carbocycles. The fourth-order valence-corrected chi connectivity index (χ4v) is 5.41. The summed E-state index contributed by atoms with van der Waals surface area (Å²) in [7, 11) is 0. The Labute approximate surface area is 179 Å². The lowest BCUT2D eigenvalue weighted by atomic mass is 9.81. The number of aliphatic hydroxyl groups is 1. The third-order valence-corrected chi connectivity index (χ3v) is 7.91. The molecule has 2 aliphatic heterocycles. The molecule has 8 heteroatoms. The number of nitrogens with zero attached hydrogens (tertiary/aromatic N) is 2. The van der Waals surface area contributed by atoms with Crippen LogP contribution in [-0.4, -0.2) is 43.4 Å². The monoisotopic (exact) mass is 433 g/mol. The topological polar surface area (TPSA) is 94.7 Å². The van der Waals surface area contributed by atoms with E-state index >= 15 is 0 Å². The van der Waals surface area contributed by atoms with Crippen molar-refractivity contribution in [2.45, 2.75) is 50.0 Å². The van der Waals surface area contributed by atoms with E-state index in [4.69, 9.17) is 10.5 Å². The Bertz CT molecular complexity index is 961. The largest absolute Gasteiger partial charge is 0.597 e. The lowest BCUT2D eigenvalue weighted by Crippen LogP contribution is -2.63. The third kappa shape index (κ3) is 3.31. The van der Waals surface area contributed by atoms with E-state index in [-0.39, 0.29) is 12.4 Å². The number of hydrogen-bond acceptors (Lipinski definition) is 6. The summed E-state index contributed by atoms with van der Waals surface area (Å²) >= 11 is -1.22. The third-order valence-electron chi connectivity index (χ3n) is 5.93. The van der Waals surface area contributed by atoms with Crippen molar-refractivity contribution < 1.29 is 18.8 Å². The summed E-state index contributed by atoms with van der Waals surface area (Å²) in [6, 6.07) is 7.84. The standard InChI is InChI=1S/C22H28FN3O3S/c1-20(2,3)30(28)26-10-9-22(26)13-29-19-16(22)11-17(21(4,27)12-24)25-18(19)14-5-7-15(23)8-6-14/h5-8,11,27H,9-10,12-13,24H2,1-4H3. The molecule has 2 aliphatic rings. The number of halogens is 1. The number of benzene rings is 1. The Hall–Kier alpha value is -1.71. The van der Waals surface area contributed by atoms with E-state index in [2.05, 4.69) is 4.98 Å². The summed E-state index contributed by atoms with van der Waals surface area (Å²) < 4.78 is 34.4. The second kappa shape index (κ2) is 7.17. The number of aromatic nitrogens is 1. The minimum absolute atomic E-state index is 0.00681. The number of hydrogen-bond donors (Lipinski definition) is 2. The van der Waals surface area contributed by atoms with Crippen molar-refractivity contribution in [2.75, 3.05) is 19.7 Å². The highest BCUT2D eigenvalue weighted by atomic mass is 32.2. The SMILES string of the molecule is CC(O)(CN)c1cc2c(c(-c3ccc(F)cc3)n1)OCC21CCN1[S+]([O-])C(C)(C)C. The molecule has 0 amide bonds. The zero-order chi connectivity index (χ0) is 21.9. The van der Waals surface area contributed by atoms with Gasteiger partial charge in [0, 0.05) is 35.6 Å². The number of fused-ring (bicyclic) bond motifs is 2. The maximum absolute atomic E-state index is 13.5. The molecule has 1 saturated heterocycles. The summed E-state index contributed by atoms with van der Waals surface area (Å²) in [5, 5.41) is 10.8. The molecule has 0 bridgehead atoms. The van der Waals surface area contributed by atoms with Crippen molar-refractivity contribution in [1.29, 1.82) is 0 Å². The molecule has 30 heavy (non-hydrogen) atoms. The van der Waals surface area contributed by atoms with Crippen LogP contribution in [0.4, 0.5) is 4.39 Å². The first-order valence-corrected chi connectivity index (χ1v) is 11.2. The molecular formula is C22H28FN3O3S. The first-order valence-electron chi connectivity index (χ1n) is 10.1. The Kier molecular flexibility index (Phi) is 5.14. The minimum atomic E-state index is -1.34. The summed E-state index contributed by atoms with van der Waals surface area (Å²) in [6.45, 7) is 8.52. The Balaban J connectivity index is 1.89. The molecule has 0 aliphatic carbocycles. The average Bonchev–Trinajstić information content (AvgIpc) is 3.08. The predicted molar refractivity (Wildman–Crippen MR) is 115 cm³/mol. The van der Waals surface area contributed by atoms with E-state index < -0.39 is 27.2 Å².